The molecule has 3 heterocycles. The Labute approximate surface area is 131 Å². The van der Waals surface area contributed by atoms with E-state index >= 15 is 0 Å². The van der Waals surface area contributed by atoms with Gasteiger partial charge in [-0.25, -0.2) is 9.97 Å². The van der Waals surface area contributed by atoms with Gasteiger partial charge in [0.15, 0.2) is 5.78 Å². The number of nitrogens with zero attached hydrogens (tertiary/aromatic N) is 3. The van der Waals surface area contributed by atoms with Gasteiger partial charge in [-0.05, 0) is 31.0 Å². The van der Waals surface area contributed by atoms with Crippen LogP contribution in [0.5, 0.6) is 0 Å². The molecular formula is C17H13N3OS. The molecule has 0 atom stereocenters. The third kappa shape index (κ3) is 2.33. The first kappa shape index (κ1) is 13.3. The molecule has 3 aromatic heterocycles. The molecule has 0 unspecified atom stereocenters. The Hall–Kier alpha value is -2.40. The van der Waals surface area contributed by atoms with E-state index in [0.717, 1.165) is 45.2 Å². The molecule has 0 spiro atoms. The maximum atomic E-state index is 11.9. The van der Waals surface area contributed by atoms with Gasteiger partial charge in [0.25, 0.3) is 0 Å². The predicted octanol–water partition coefficient (Wildman–Crippen LogP) is 3.79. The Bertz CT molecular complexity index is 842. The summed E-state index contributed by atoms with van der Waals surface area (Å²) in [4.78, 5) is 26.2. The van der Waals surface area contributed by atoms with E-state index in [-0.39, 0.29) is 5.78 Å². The van der Waals surface area contributed by atoms with Gasteiger partial charge in [-0.2, -0.15) is 0 Å². The molecule has 0 saturated carbocycles. The fourth-order valence-electron chi connectivity index (χ4n) is 2.65. The number of Topliss-reactive ketones (excluding diaryl/α,β-unsaturated/α-hetero) is 1. The standard InChI is InChI=1S/C17H13N3OS/c21-15-5-1-4-13-12(15)6-7-14(20-13)17-19-10-16(22-17)11-3-2-8-18-9-11/h2-3,6-10H,1,4-5H2. The molecule has 3 aromatic rings. The molecule has 0 fully saturated rings. The summed E-state index contributed by atoms with van der Waals surface area (Å²) in [6.45, 7) is 0. The van der Waals surface area contributed by atoms with Crippen LogP contribution in [-0.2, 0) is 6.42 Å². The molecule has 0 saturated heterocycles. The molecule has 1 aliphatic rings. The van der Waals surface area contributed by atoms with Crippen molar-refractivity contribution in [2.75, 3.05) is 0 Å². The third-order valence-corrected chi connectivity index (χ3v) is 4.83. The van der Waals surface area contributed by atoms with Gasteiger partial charge in [0, 0.05) is 36.1 Å². The minimum absolute atomic E-state index is 0.204. The number of pyridine rings is 2. The topological polar surface area (TPSA) is 55.7 Å². The van der Waals surface area contributed by atoms with Crippen LogP contribution in [0.2, 0.25) is 0 Å². The van der Waals surface area contributed by atoms with E-state index in [2.05, 4.69) is 15.0 Å². The molecule has 4 rings (SSSR count). The van der Waals surface area contributed by atoms with Crippen molar-refractivity contribution in [2.24, 2.45) is 0 Å². The molecule has 108 valence electrons. The molecule has 0 amide bonds. The van der Waals surface area contributed by atoms with Crippen LogP contribution in [0.4, 0.5) is 0 Å². The van der Waals surface area contributed by atoms with Crippen LogP contribution < -0.4 is 0 Å². The fraction of sp³-hybridized carbons (Fsp3) is 0.176. The number of thiazole rings is 1. The van der Waals surface area contributed by atoms with Crippen LogP contribution in [0.25, 0.3) is 21.1 Å². The second-order valence-electron chi connectivity index (χ2n) is 5.24. The van der Waals surface area contributed by atoms with Gasteiger partial charge in [-0.1, -0.05) is 6.07 Å². The summed E-state index contributed by atoms with van der Waals surface area (Å²) in [6.07, 6.45) is 7.83. The zero-order valence-electron chi connectivity index (χ0n) is 11.8. The van der Waals surface area contributed by atoms with Gasteiger partial charge in [0.05, 0.1) is 16.3 Å². The Morgan fingerprint density at radius 1 is 1.09 bits per heavy atom. The number of aryl methyl sites for hydroxylation is 1. The highest BCUT2D eigenvalue weighted by Crippen LogP contribution is 2.32. The van der Waals surface area contributed by atoms with Gasteiger partial charge >= 0.3 is 0 Å². The highest BCUT2D eigenvalue weighted by molar-refractivity contribution is 7.18. The van der Waals surface area contributed by atoms with E-state index in [1.807, 2.05) is 36.7 Å². The molecule has 22 heavy (non-hydrogen) atoms. The molecule has 0 aliphatic heterocycles. The minimum Gasteiger partial charge on any atom is -0.294 e. The normalized spacial score (nSPS) is 13.9. The lowest BCUT2D eigenvalue weighted by atomic mass is 9.94. The Kier molecular flexibility index (Phi) is 3.27. The fourth-order valence-corrected chi connectivity index (χ4v) is 3.53. The Morgan fingerprint density at radius 3 is 2.91 bits per heavy atom. The van der Waals surface area contributed by atoms with Crippen molar-refractivity contribution in [1.82, 2.24) is 15.0 Å². The lowest BCUT2D eigenvalue weighted by molar-refractivity contribution is 0.0971. The highest BCUT2D eigenvalue weighted by Gasteiger charge is 2.19. The molecule has 0 radical (unpaired) electrons. The number of carbonyl (C=O) groups excluding carboxylic acids is 1. The van der Waals surface area contributed by atoms with Crippen LogP contribution in [0.15, 0.2) is 42.9 Å². The van der Waals surface area contributed by atoms with Crippen LogP contribution in [0.3, 0.4) is 0 Å². The summed E-state index contributed by atoms with van der Waals surface area (Å²) in [5.74, 6) is 0.204. The number of rotatable bonds is 2. The van der Waals surface area contributed by atoms with Crippen LogP contribution in [-0.4, -0.2) is 20.7 Å². The first-order valence-electron chi connectivity index (χ1n) is 7.21. The van der Waals surface area contributed by atoms with Gasteiger partial charge in [-0.3, -0.25) is 9.78 Å². The first-order valence-corrected chi connectivity index (χ1v) is 8.02. The van der Waals surface area contributed by atoms with Crippen molar-refractivity contribution in [3.8, 4) is 21.1 Å². The largest absolute Gasteiger partial charge is 0.294 e. The Balaban J connectivity index is 1.71. The summed E-state index contributed by atoms with van der Waals surface area (Å²) < 4.78 is 0. The lowest BCUT2D eigenvalue weighted by Gasteiger charge is -2.13. The average molecular weight is 307 g/mol. The maximum Gasteiger partial charge on any atom is 0.164 e. The highest BCUT2D eigenvalue weighted by atomic mass is 32.1. The van der Waals surface area contributed by atoms with Crippen molar-refractivity contribution in [1.29, 1.82) is 0 Å². The van der Waals surface area contributed by atoms with Crippen molar-refractivity contribution in [2.45, 2.75) is 19.3 Å². The van der Waals surface area contributed by atoms with Crippen LogP contribution >= 0.6 is 11.3 Å². The second kappa shape index (κ2) is 5.42. The summed E-state index contributed by atoms with van der Waals surface area (Å²) in [5, 5.41) is 0.875. The maximum absolute atomic E-state index is 11.9. The predicted molar refractivity (Wildman–Crippen MR) is 85.8 cm³/mol. The van der Waals surface area contributed by atoms with E-state index in [1.54, 1.807) is 17.5 Å². The van der Waals surface area contributed by atoms with E-state index in [4.69, 9.17) is 0 Å². The monoisotopic (exact) mass is 307 g/mol. The van der Waals surface area contributed by atoms with E-state index in [1.165, 1.54) is 0 Å². The molecule has 4 nitrogen and oxygen atoms in total. The summed E-state index contributed by atoms with van der Waals surface area (Å²) in [6, 6.07) is 7.72. The zero-order chi connectivity index (χ0) is 14.9. The number of carbonyl (C=O) groups is 1. The number of aromatic nitrogens is 3. The second-order valence-corrected chi connectivity index (χ2v) is 6.27. The van der Waals surface area contributed by atoms with Crippen molar-refractivity contribution < 1.29 is 4.79 Å². The SMILES string of the molecule is O=C1CCCc2nc(-c3ncc(-c4cccnc4)s3)ccc21. The van der Waals surface area contributed by atoms with Gasteiger partial charge in [-0.15, -0.1) is 11.3 Å². The summed E-state index contributed by atoms with van der Waals surface area (Å²) in [7, 11) is 0. The minimum atomic E-state index is 0.204. The van der Waals surface area contributed by atoms with Crippen molar-refractivity contribution >= 4 is 17.1 Å². The molecule has 0 bridgehead atoms. The van der Waals surface area contributed by atoms with E-state index in [0.29, 0.717) is 6.42 Å². The van der Waals surface area contributed by atoms with Gasteiger partial charge in [0.2, 0.25) is 0 Å². The zero-order valence-corrected chi connectivity index (χ0v) is 12.6. The van der Waals surface area contributed by atoms with E-state index in [9.17, 15) is 4.79 Å². The summed E-state index contributed by atoms with van der Waals surface area (Å²) in [5.41, 5.74) is 3.58. The Morgan fingerprint density at radius 2 is 2.05 bits per heavy atom. The smallest absolute Gasteiger partial charge is 0.164 e. The van der Waals surface area contributed by atoms with Crippen molar-refractivity contribution in [3.05, 3.63) is 54.1 Å². The molecule has 0 aromatic carbocycles. The molecule has 5 heteroatoms. The number of ketones is 1. The molecule has 1 aliphatic carbocycles. The van der Waals surface area contributed by atoms with Gasteiger partial charge in [0.1, 0.15) is 5.01 Å². The third-order valence-electron chi connectivity index (χ3n) is 3.76. The van der Waals surface area contributed by atoms with E-state index < -0.39 is 0 Å². The molecular weight excluding hydrogens is 294 g/mol. The van der Waals surface area contributed by atoms with Crippen LogP contribution in [0.1, 0.15) is 28.9 Å². The summed E-state index contributed by atoms with van der Waals surface area (Å²) >= 11 is 1.59. The number of hydrogen-bond acceptors (Lipinski definition) is 5. The number of hydrogen-bond donors (Lipinski definition) is 0. The quantitative estimate of drug-likeness (QED) is 0.723. The van der Waals surface area contributed by atoms with Gasteiger partial charge < -0.3 is 0 Å². The molecule has 0 N–H and O–H groups in total. The lowest BCUT2D eigenvalue weighted by Crippen LogP contribution is -2.12. The first-order chi connectivity index (χ1) is 10.8. The van der Waals surface area contributed by atoms with Crippen LogP contribution in [0, 0.1) is 0 Å². The average Bonchev–Trinajstić information content (AvgIpc) is 3.06. The van der Waals surface area contributed by atoms with Crippen molar-refractivity contribution in [3.63, 3.8) is 0 Å². The number of fused-ring (bicyclic) bond motifs is 1.